The van der Waals surface area contributed by atoms with Crippen molar-refractivity contribution in [3.8, 4) is 11.3 Å². The van der Waals surface area contributed by atoms with E-state index in [0.717, 1.165) is 6.26 Å². The van der Waals surface area contributed by atoms with Crippen LogP contribution in [0.1, 0.15) is 78.5 Å². The van der Waals surface area contributed by atoms with E-state index in [-0.39, 0.29) is 23.5 Å². The van der Waals surface area contributed by atoms with Gasteiger partial charge in [0.05, 0.1) is 30.0 Å². The fourth-order valence-electron chi connectivity index (χ4n) is 4.23. The summed E-state index contributed by atoms with van der Waals surface area (Å²) in [7, 11) is -3.70. The van der Waals surface area contributed by atoms with Crippen LogP contribution < -0.4 is 0 Å². The number of halogens is 1. The Morgan fingerprint density at radius 1 is 1.18 bits per heavy atom. The Bertz CT molecular complexity index is 1300. The lowest BCUT2D eigenvalue weighted by Crippen LogP contribution is -2.45. The Kier molecular flexibility index (Phi) is 8.80. The molecule has 38 heavy (non-hydrogen) atoms. The Hall–Kier alpha value is -2.69. The molecule has 1 fully saturated rings. The minimum Gasteiger partial charge on any atom is -0.460 e. The number of nitrogens with zero attached hydrogens (tertiary/aromatic N) is 2. The van der Waals surface area contributed by atoms with Crippen LogP contribution in [0.4, 0.5) is 4.39 Å². The summed E-state index contributed by atoms with van der Waals surface area (Å²) < 4.78 is 55.9. The van der Waals surface area contributed by atoms with Gasteiger partial charge in [0, 0.05) is 23.8 Å². The highest BCUT2D eigenvalue weighted by Gasteiger charge is 2.36. The SMILES string of the molecule is CC(C)c1nc(S(C)(=O)=O)nc(-c2ccc(F)cc2)c1/C=C/[C@@H]1C[C@H](CC(=O)OC(C)(C)C)OC(C)(C)O1. The molecule has 0 bridgehead atoms. The molecule has 0 amide bonds. The van der Waals surface area contributed by atoms with Crippen LogP contribution in [-0.4, -0.2) is 54.2 Å². The third-order valence-corrected chi connectivity index (χ3v) is 6.47. The standard InChI is InChI=1S/C28H37FN2O6S/c1-17(2)24-22(25(18-9-11-19(29)12-10-18)31-26(30-24)38(8,33)34)14-13-20-15-21(36-28(6,7)35-20)16-23(32)37-27(3,4)5/h9-14,17,20-21H,15-16H2,1-8H3/b14-13+/t20-,21-/m1/s1. The number of benzene rings is 1. The minimum atomic E-state index is -3.70. The van der Waals surface area contributed by atoms with E-state index in [2.05, 4.69) is 9.97 Å². The number of hydrogen-bond acceptors (Lipinski definition) is 8. The van der Waals surface area contributed by atoms with Crippen molar-refractivity contribution in [3.63, 3.8) is 0 Å². The second kappa shape index (κ2) is 11.2. The molecule has 8 nitrogen and oxygen atoms in total. The molecular weight excluding hydrogens is 511 g/mol. The van der Waals surface area contributed by atoms with Crippen molar-refractivity contribution in [3.05, 3.63) is 47.4 Å². The first-order valence-electron chi connectivity index (χ1n) is 12.6. The lowest BCUT2D eigenvalue weighted by molar-refractivity contribution is -0.290. The summed E-state index contributed by atoms with van der Waals surface area (Å²) in [5, 5.41) is -0.293. The molecule has 0 saturated carbocycles. The van der Waals surface area contributed by atoms with Gasteiger partial charge in [-0.05, 0) is 64.8 Å². The number of carbonyl (C=O) groups excluding carboxylic acids is 1. The lowest BCUT2D eigenvalue weighted by atomic mass is 9.97. The predicted octanol–water partition coefficient (Wildman–Crippen LogP) is 5.46. The minimum absolute atomic E-state index is 0.0820. The number of rotatable bonds is 7. The molecule has 10 heteroatoms. The Labute approximate surface area is 224 Å². The van der Waals surface area contributed by atoms with Crippen LogP contribution in [0.25, 0.3) is 17.3 Å². The normalized spacial score (nSPS) is 20.2. The van der Waals surface area contributed by atoms with E-state index in [0.29, 0.717) is 28.9 Å². The van der Waals surface area contributed by atoms with Gasteiger partial charge in [-0.1, -0.05) is 26.0 Å². The first-order valence-corrected chi connectivity index (χ1v) is 14.5. The smallest absolute Gasteiger partial charge is 0.308 e. The van der Waals surface area contributed by atoms with E-state index in [4.69, 9.17) is 14.2 Å². The van der Waals surface area contributed by atoms with Crippen molar-refractivity contribution in [2.75, 3.05) is 6.26 Å². The predicted molar refractivity (Wildman–Crippen MR) is 143 cm³/mol. The average Bonchev–Trinajstić information content (AvgIpc) is 2.74. The molecule has 2 heterocycles. The van der Waals surface area contributed by atoms with Gasteiger partial charge in [-0.25, -0.2) is 22.8 Å². The summed E-state index contributed by atoms with van der Waals surface area (Å²) in [5.41, 5.74) is 1.47. The van der Waals surface area contributed by atoms with Crippen molar-refractivity contribution in [2.45, 2.75) is 96.0 Å². The van der Waals surface area contributed by atoms with Crippen molar-refractivity contribution >= 4 is 21.9 Å². The molecule has 1 saturated heterocycles. The molecule has 0 N–H and O–H groups in total. The van der Waals surface area contributed by atoms with Gasteiger partial charge in [-0.2, -0.15) is 0 Å². The molecular formula is C28H37FN2O6S. The molecule has 208 valence electrons. The first kappa shape index (κ1) is 29.9. The lowest BCUT2D eigenvalue weighted by Gasteiger charge is -2.39. The summed E-state index contributed by atoms with van der Waals surface area (Å²) in [6, 6.07) is 5.70. The number of ether oxygens (including phenoxy) is 3. The van der Waals surface area contributed by atoms with Gasteiger partial charge in [0.25, 0.3) is 0 Å². The van der Waals surface area contributed by atoms with Gasteiger partial charge in [0.15, 0.2) is 5.79 Å². The van der Waals surface area contributed by atoms with Crippen LogP contribution in [0.3, 0.4) is 0 Å². The molecule has 1 aromatic heterocycles. The van der Waals surface area contributed by atoms with Gasteiger partial charge >= 0.3 is 5.97 Å². The highest BCUT2D eigenvalue weighted by Crippen LogP contribution is 2.33. The number of hydrogen-bond donors (Lipinski definition) is 0. The van der Waals surface area contributed by atoms with Crippen LogP contribution >= 0.6 is 0 Å². The van der Waals surface area contributed by atoms with Crippen LogP contribution in [0.15, 0.2) is 35.5 Å². The third kappa shape index (κ3) is 8.15. The highest BCUT2D eigenvalue weighted by molar-refractivity contribution is 7.90. The molecule has 3 rings (SSSR count). The summed E-state index contributed by atoms with van der Waals surface area (Å²) >= 11 is 0. The average molecular weight is 549 g/mol. The molecule has 2 atom stereocenters. The maximum atomic E-state index is 13.7. The maximum absolute atomic E-state index is 13.7. The molecule has 1 aliphatic heterocycles. The summed E-state index contributed by atoms with van der Waals surface area (Å²) in [4.78, 5) is 21.2. The van der Waals surface area contributed by atoms with Crippen LogP contribution in [0.5, 0.6) is 0 Å². The van der Waals surface area contributed by atoms with Crippen molar-refractivity contribution in [2.24, 2.45) is 0 Å². The summed E-state index contributed by atoms with van der Waals surface area (Å²) in [6.45, 7) is 12.8. The number of carbonyl (C=O) groups is 1. The van der Waals surface area contributed by atoms with Gasteiger partial charge in [-0.3, -0.25) is 4.79 Å². The van der Waals surface area contributed by atoms with Crippen molar-refractivity contribution in [1.29, 1.82) is 0 Å². The highest BCUT2D eigenvalue weighted by atomic mass is 32.2. The van der Waals surface area contributed by atoms with Gasteiger partial charge in [-0.15, -0.1) is 0 Å². The Balaban J connectivity index is 2.01. The quantitative estimate of drug-likeness (QED) is 0.332. The van der Waals surface area contributed by atoms with E-state index in [1.807, 2.05) is 40.7 Å². The molecule has 0 unspecified atom stereocenters. The van der Waals surface area contributed by atoms with Crippen LogP contribution in [-0.2, 0) is 28.8 Å². The van der Waals surface area contributed by atoms with Gasteiger partial charge < -0.3 is 14.2 Å². The number of aromatic nitrogens is 2. The van der Waals surface area contributed by atoms with Crippen LogP contribution in [0.2, 0.25) is 0 Å². The molecule has 2 aromatic rings. The fourth-order valence-corrected chi connectivity index (χ4v) is 4.75. The molecule has 0 aliphatic carbocycles. The van der Waals surface area contributed by atoms with E-state index in [9.17, 15) is 17.6 Å². The second-order valence-corrected chi connectivity index (χ2v) is 13.2. The maximum Gasteiger partial charge on any atom is 0.308 e. The number of esters is 1. The molecule has 1 aromatic carbocycles. The molecule has 0 radical (unpaired) electrons. The van der Waals surface area contributed by atoms with E-state index >= 15 is 0 Å². The molecule has 0 spiro atoms. The molecule has 1 aliphatic rings. The zero-order chi connectivity index (χ0) is 28.5. The zero-order valence-corrected chi connectivity index (χ0v) is 24.1. The van der Waals surface area contributed by atoms with Gasteiger partial charge in [0.2, 0.25) is 15.0 Å². The number of sulfone groups is 1. The van der Waals surface area contributed by atoms with E-state index in [1.165, 1.54) is 12.1 Å². The zero-order valence-electron chi connectivity index (χ0n) is 23.2. The first-order chi connectivity index (χ1) is 17.4. The Morgan fingerprint density at radius 2 is 1.82 bits per heavy atom. The fraction of sp³-hybridized carbons (Fsp3) is 0.536. The van der Waals surface area contributed by atoms with Crippen LogP contribution in [0, 0.1) is 5.82 Å². The second-order valence-electron chi connectivity index (χ2n) is 11.3. The van der Waals surface area contributed by atoms with Crippen molar-refractivity contribution in [1.82, 2.24) is 9.97 Å². The monoisotopic (exact) mass is 548 g/mol. The largest absolute Gasteiger partial charge is 0.460 e. The summed E-state index contributed by atoms with van der Waals surface area (Å²) in [6.07, 6.45) is 4.35. The van der Waals surface area contributed by atoms with Crippen molar-refractivity contribution < 1.29 is 31.8 Å². The van der Waals surface area contributed by atoms with Gasteiger partial charge in [0.1, 0.15) is 11.4 Å². The summed E-state index contributed by atoms with van der Waals surface area (Å²) in [5.74, 6) is -1.85. The van der Waals surface area contributed by atoms with E-state index < -0.39 is 39.3 Å². The van der Waals surface area contributed by atoms with E-state index in [1.54, 1.807) is 32.1 Å². The topological polar surface area (TPSA) is 105 Å². The third-order valence-electron chi connectivity index (χ3n) is 5.62. The Morgan fingerprint density at radius 3 is 2.37 bits per heavy atom.